The van der Waals surface area contributed by atoms with Gasteiger partial charge in [0.15, 0.2) is 0 Å². The second-order valence-electron chi connectivity index (χ2n) is 11.0. The number of methoxy groups -OCH3 is 2. The Bertz CT molecular complexity index is 1570. The fraction of sp³-hybridized carbons (Fsp3) is 0.375. The Morgan fingerprint density at radius 2 is 1.65 bits per heavy atom. The van der Waals surface area contributed by atoms with E-state index in [1.165, 1.54) is 26.6 Å². The molecule has 14 heteroatoms. The van der Waals surface area contributed by atoms with Crippen molar-refractivity contribution in [1.82, 2.24) is 19.8 Å². The number of urea groups is 1. The largest absolute Gasteiger partial charge is 0.495 e. The van der Waals surface area contributed by atoms with Gasteiger partial charge in [-0.1, -0.05) is 42.8 Å². The molecule has 0 atom stereocenters. The fourth-order valence-corrected chi connectivity index (χ4v) is 5.84. The first-order valence-corrected chi connectivity index (χ1v) is 15.8. The highest BCUT2D eigenvalue weighted by Gasteiger charge is 2.36. The highest BCUT2D eigenvalue weighted by molar-refractivity contribution is 6.41. The predicted octanol–water partition coefficient (Wildman–Crippen LogP) is 6.01. The lowest BCUT2D eigenvalue weighted by Gasteiger charge is -2.34. The zero-order chi connectivity index (χ0) is 32.8. The van der Waals surface area contributed by atoms with Crippen LogP contribution in [0.15, 0.2) is 49.3 Å². The lowest BCUT2D eigenvalue weighted by Crippen LogP contribution is -2.45. The molecule has 3 aromatic rings. The van der Waals surface area contributed by atoms with Gasteiger partial charge in [0.1, 0.15) is 39.5 Å². The van der Waals surface area contributed by atoms with Gasteiger partial charge in [0.2, 0.25) is 5.91 Å². The number of rotatable bonds is 12. The van der Waals surface area contributed by atoms with Crippen molar-refractivity contribution < 1.29 is 19.1 Å². The number of piperazine rings is 1. The highest BCUT2D eigenvalue weighted by Crippen LogP contribution is 2.44. The summed E-state index contributed by atoms with van der Waals surface area (Å²) in [5, 5.41) is 9.29. The average molecular weight is 670 g/mol. The van der Waals surface area contributed by atoms with E-state index in [4.69, 9.17) is 32.7 Å². The van der Waals surface area contributed by atoms with E-state index >= 15 is 0 Å². The van der Waals surface area contributed by atoms with Crippen molar-refractivity contribution >= 4 is 63.8 Å². The maximum absolute atomic E-state index is 13.7. The summed E-state index contributed by atoms with van der Waals surface area (Å²) in [5.41, 5.74) is 2.45. The number of benzene rings is 2. The number of anilines is 5. The molecular formula is C32H38Cl2N8O4. The molecule has 2 heterocycles. The van der Waals surface area contributed by atoms with Crippen LogP contribution >= 0.6 is 23.2 Å². The standard InChI is InChI=1S/C32H38Cl2N8O4/c1-5-28(43)38-23-15-20(18-41-13-11-40(6-2)12-14-41)7-10-22(23)37-26-17-27(36-19-35-26)42(21-8-9-21)32(44)39-31-29(33)24(45-3)16-25(46-4)30(31)34/h5,7,10,15-17,19,21H,1,6,8-9,11-14,18H2,2-4H3,(H,38,43)(H,39,44)(H,35,36,37). The Hall–Kier alpha value is -4.10. The third-order valence-electron chi connectivity index (χ3n) is 7.94. The maximum Gasteiger partial charge on any atom is 0.327 e. The summed E-state index contributed by atoms with van der Waals surface area (Å²) in [6, 6.07) is 8.56. The molecule has 3 N–H and O–H groups in total. The summed E-state index contributed by atoms with van der Waals surface area (Å²) in [4.78, 5) is 41.2. The number of likely N-dealkylation sites (N-methyl/N-ethyl adjacent to an activating group) is 1. The van der Waals surface area contributed by atoms with Crippen LogP contribution in [0, 0.1) is 0 Å². The van der Waals surface area contributed by atoms with Crippen molar-refractivity contribution in [2.45, 2.75) is 32.4 Å². The number of nitrogens with zero attached hydrogens (tertiary/aromatic N) is 5. The van der Waals surface area contributed by atoms with E-state index in [1.807, 2.05) is 18.2 Å². The van der Waals surface area contributed by atoms with Crippen LogP contribution < -0.4 is 30.3 Å². The number of hydrogen-bond donors (Lipinski definition) is 3. The molecule has 46 heavy (non-hydrogen) atoms. The summed E-state index contributed by atoms with van der Waals surface area (Å²) in [6.45, 7) is 11.6. The van der Waals surface area contributed by atoms with Crippen LogP contribution in [-0.2, 0) is 11.3 Å². The first-order chi connectivity index (χ1) is 22.2. The fourth-order valence-electron chi connectivity index (χ4n) is 5.25. The molecule has 0 unspecified atom stereocenters. The van der Waals surface area contributed by atoms with Gasteiger partial charge >= 0.3 is 6.03 Å². The number of halogens is 2. The highest BCUT2D eigenvalue weighted by atomic mass is 35.5. The quantitative estimate of drug-likeness (QED) is 0.199. The predicted molar refractivity (Wildman–Crippen MR) is 182 cm³/mol. The third kappa shape index (κ3) is 7.81. The summed E-state index contributed by atoms with van der Waals surface area (Å²) >= 11 is 13.0. The number of nitrogens with one attached hydrogen (secondary N) is 3. The van der Waals surface area contributed by atoms with E-state index in [2.05, 4.69) is 49.2 Å². The van der Waals surface area contributed by atoms with Crippen LogP contribution in [0.3, 0.4) is 0 Å². The molecule has 0 radical (unpaired) electrons. The second-order valence-corrected chi connectivity index (χ2v) is 11.7. The minimum atomic E-state index is -0.477. The van der Waals surface area contributed by atoms with Gasteiger partial charge in [-0.2, -0.15) is 0 Å². The molecule has 1 saturated carbocycles. The molecule has 244 valence electrons. The van der Waals surface area contributed by atoms with E-state index in [1.54, 1.807) is 17.0 Å². The van der Waals surface area contributed by atoms with Crippen LogP contribution in [0.4, 0.5) is 33.5 Å². The van der Waals surface area contributed by atoms with Gasteiger partial charge < -0.3 is 30.3 Å². The summed E-state index contributed by atoms with van der Waals surface area (Å²) < 4.78 is 10.7. The lowest BCUT2D eigenvalue weighted by molar-refractivity contribution is -0.111. The maximum atomic E-state index is 13.7. The van der Waals surface area contributed by atoms with Crippen LogP contribution in [-0.4, -0.2) is 84.7 Å². The molecule has 5 rings (SSSR count). The molecule has 2 aromatic carbocycles. The van der Waals surface area contributed by atoms with Gasteiger partial charge in [0.25, 0.3) is 0 Å². The van der Waals surface area contributed by atoms with Crippen LogP contribution in [0.2, 0.25) is 10.0 Å². The van der Waals surface area contributed by atoms with E-state index in [9.17, 15) is 9.59 Å². The molecular weight excluding hydrogens is 631 g/mol. The van der Waals surface area contributed by atoms with Gasteiger partial charge in [-0.25, -0.2) is 14.8 Å². The van der Waals surface area contributed by atoms with Gasteiger partial charge in [-0.15, -0.1) is 0 Å². The van der Waals surface area contributed by atoms with Gasteiger partial charge in [-0.3, -0.25) is 14.6 Å². The van der Waals surface area contributed by atoms with Crippen molar-refractivity contribution in [3.8, 4) is 11.5 Å². The molecule has 2 fully saturated rings. The summed E-state index contributed by atoms with van der Waals surface area (Å²) in [7, 11) is 2.92. The number of carbonyl (C=O) groups is 2. The van der Waals surface area contributed by atoms with Crippen LogP contribution in [0.1, 0.15) is 25.3 Å². The Morgan fingerprint density at radius 1 is 0.978 bits per heavy atom. The Balaban J connectivity index is 1.37. The van der Waals surface area contributed by atoms with E-state index in [-0.39, 0.29) is 27.7 Å². The van der Waals surface area contributed by atoms with Crippen molar-refractivity contribution in [3.05, 3.63) is 64.9 Å². The molecule has 0 bridgehead atoms. The molecule has 1 aliphatic carbocycles. The monoisotopic (exact) mass is 668 g/mol. The average Bonchev–Trinajstić information content (AvgIpc) is 3.90. The van der Waals surface area contributed by atoms with Crippen molar-refractivity contribution in [3.63, 3.8) is 0 Å². The molecule has 12 nitrogen and oxygen atoms in total. The van der Waals surface area contributed by atoms with Gasteiger partial charge in [0, 0.05) is 50.9 Å². The lowest BCUT2D eigenvalue weighted by atomic mass is 10.1. The zero-order valence-corrected chi connectivity index (χ0v) is 27.6. The van der Waals surface area contributed by atoms with Gasteiger partial charge in [-0.05, 0) is 43.2 Å². The number of hydrogen-bond acceptors (Lipinski definition) is 9. The molecule has 3 amide bonds. The number of aromatic nitrogens is 2. The van der Waals surface area contributed by atoms with Crippen LogP contribution in [0.25, 0.3) is 0 Å². The number of ether oxygens (including phenoxy) is 2. The first-order valence-electron chi connectivity index (χ1n) is 15.0. The molecule has 1 aliphatic heterocycles. The molecule has 0 spiro atoms. The Kier molecular flexibility index (Phi) is 10.8. The van der Waals surface area contributed by atoms with Crippen molar-refractivity contribution in [1.29, 1.82) is 0 Å². The topological polar surface area (TPSA) is 124 Å². The minimum Gasteiger partial charge on any atom is -0.495 e. The van der Waals surface area contributed by atoms with Crippen molar-refractivity contribution in [2.75, 3.05) is 67.8 Å². The minimum absolute atomic E-state index is 0.0753. The zero-order valence-electron chi connectivity index (χ0n) is 26.1. The second kappa shape index (κ2) is 15.0. The SMILES string of the molecule is C=CC(=O)Nc1cc(CN2CCN(CC)CC2)ccc1Nc1cc(N(C(=O)Nc2c(Cl)c(OC)cc(OC)c2Cl)C2CC2)ncn1. The number of carbonyl (C=O) groups excluding carboxylic acids is 2. The number of amides is 3. The Labute approximate surface area is 278 Å². The molecule has 1 aromatic heterocycles. The van der Waals surface area contributed by atoms with Gasteiger partial charge in [0.05, 0.1) is 31.3 Å². The Morgan fingerprint density at radius 3 is 2.26 bits per heavy atom. The first kappa shape index (κ1) is 33.3. The van der Waals surface area contributed by atoms with E-state index in [0.717, 1.165) is 57.7 Å². The molecule has 1 saturated heterocycles. The summed E-state index contributed by atoms with van der Waals surface area (Å²) in [5.74, 6) is 1.07. The van der Waals surface area contributed by atoms with E-state index < -0.39 is 6.03 Å². The van der Waals surface area contributed by atoms with Crippen LogP contribution in [0.5, 0.6) is 11.5 Å². The van der Waals surface area contributed by atoms with Crippen molar-refractivity contribution in [2.24, 2.45) is 0 Å². The summed E-state index contributed by atoms with van der Waals surface area (Å²) in [6.07, 6.45) is 4.21. The third-order valence-corrected chi connectivity index (χ3v) is 8.69. The normalized spacial score (nSPS) is 15.2. The molecule has 2 aliphatic rings. The van der Waals surface area contributed by atoms with E-state index in [0.29, 0.717) is 34.5 Å². The smallest absolute Gasteiger partial charge is 0.327 e.